The molecule has 0 saturated heterocycles. The van der Waals surface area contributed by atoms with Gasteiger partial charge in [0.05, 0.1) is 44.4 Å². The van der Waals surface area contributed by atoms with E-state index >= 15 is 0 Å². The lowest BCUT2D eigenvalue weighted by Crippen LogP contribution is -2.27. The Morgan fingerprint density at radius 1 is 1.20 bits per heavy atom. The van der Waals surface area contributed by atoms with Crippen LogP contribution in [0, 0.1) is 25.2 Å². The van der Waals surface area contributed by atoms with E-state index in [1.165, 1.54) is 29.0 Å². The summed E-state index contributed by atoms with van der Waals surface area (Å²) in [4.78, 5) is 34.1. The SMILES string of the molecule is Cc1sc2c(-c3cc(Cl)ccc3OCCn3c(C)nc4cc(C(F)(F)F)cc(C#N)c4c3=O)ccnc2c1C(=O)O. The largest absolute Gasteiger partial charge is 0.491 e. The van der Waals surface area contributed by atoms with Gasteiger partial charge < -0.3 is 9.84 Å². The quantitative estimate of drug-likeness (QED) is 0.234. The van der Waals surface area contributed by atoms with Crippen molar-refractivity contribution in [3.05, 3.63) is 85.4 Å². The number of carboxylic acid groups (broad SMARTS) is 1. The third-order valence-corrected chi connectivity index (χ3v) is 7.83. The number of benzene rings is 2. The lowest BCUT2D eigenvalue weighted by atomic mass is 10.0. The number of carboxylic acids is 1. The summed E-state index contributed by atoms with van der Waals surface area (Å²) in [6, 6.07) is 9.72. The van der Waals surface area contributed by atoms with E-state index in [1.807, 2.05) is 0 Å². The normalized spacial score (nSPS) is 11.6. The number of aryl methyl sites for hydroxylation is 2. The van der Waals surface area contributed by atoms with Gasteiger partial charge in [-0.15, -0.1) is 11.3 Å². The lowest BCUT2D eigenvalue weighted by molar-refractivity contribution is -0.137. The van der Waals surface area contributed by atoms with Crippen LogP contribution in [0.1, 0.15) is 32.2 Å². The highest BCUT2D eigenvalue weighted by atomic mass is 35.5. The summed E-state index contributed by atoms with van der Waals surface area (Å²) >= 11 is 7.57. The summed E-state index contributed by atoms with van der Waals surface area (Å²) in [7, 11) is 0. The van der Waals surface area contributed by atoms with Crippen LogP contribution >= 0.6 is 22.9 Å². The molecular formula is C28H18ClF3N4O4S. The molecule has 0 atom stereocenters. The predicted octanol–water partition coefficient (Wildman–Crippen LogP) is 6.61. The monoisotopic (exact) mass is 598 g/mol. The van der Waals surface area contributed by atoms with Gasteiger partial charge in [0.2, 0.25) is 0 Å². The number of thiophene rings is 1. The average Bonchev–Trinajstić information content (AvgIpc) is 3.26. The molecule has 2 aromatic carbocycles. The molecule has 13 heteroatoms. The van der Waals surface area contributed by atoms with E-state index in [0.29, 0.717) is 43.1 Å². The molecule has 5 aromatic rings. The zero-order valence-corrected chi connectivity index (χ0v) is 22.9. The third-order valence-electron chi connectivity index (χ3n) is 6.46. The first-order chi connectivity index (χ1) is 19.4. The number of hydrogen-bond acceptors (Lipinski definition) is 7. The number of pyridine rings is 1. The minimum atomic E-state index is -4.70. The molecular weight excluding hydrogens is 581 g/mol. The number of fused-ring (bicyclic) bond motifs is 2. The van der Waals surface area contributed by atoms with Gasteiger partial charge in [0.25, 0.3) is 5.56 Å². The van der Waals surface area contributed by atoms with Crippen molar-refractivity contribution in [3.8, 4) is 22.9 Å². The molecule has 41 heavy (non-hydrogen) atoms. The fraction of sp³-hybridized carbons (Fsp3) is 0.179. The molecule has 5 rings (SSSR count). The van der Waals surface area contributed by atoms with E-state index in [9.17, 15) is 33.1 Å². The van der Waals surface area contributed by atoms with Gasteiger partial charge in [-0.2, -0.15) is 18.4 Å². The molecule has 8 nitrogen and oxygen atoms in total. The van der Waals surface area contributed by atoms with E-state index in [4.69, 9.17) is 16.3 Å². The molecule has 0 aliphatic rings. The molecule has 0 amide bonds. The first-order valence-electron chi connectivity index (χ1n) is 12.0. The van der Waals surface area contributed by atoms with Crippen LogP contribution in [-0.4, -0.2) is 32.2 Å². The number of hydrogen-bond donors (Lipinski definition) is 1. The van der Waals surface area contributed by atoms with Gasteiger partial charge in [-0.25, -0.2) is 9.78 Å². The van der Waals surface area contributed by atoms with Crippen molar-refractivity contribution in [2.75, 3.05) is 6.61 Å². The summed E-state index contributed by atoms with van der Waals surface area (Å²) in [5, 5.41) is 19.3. The molecule has 0 aliphatic carbocycles. The molecule has 3 heterocycles. The minimum Gasteiger partial charge on any atom is -0.491 e. The number of nitrogens with zero attached hydrogens (tertiary/aromatic N) is 4. The Morgan fingerprint density at radius 3 is 2.63 bits per heavy atom. The number of aromatic nitrogens is 3. The van der Waals surface area contributed by atoms with Gasteiger partial charge in [0.15, 0.2) is 0 Å². The maximum Gasteiger partial charge on any atom is 0.416 e. The maximum atomic E-state index is 13.3. The van der Waals surface area contributed by atoms with Crippen LogP contribution < -0.4 is 10.3 Å². The second kappa shape index (κ2) is 10.5. The van der Waals surface area contributed by atoms with Crippen LogP contribution in [0.3, 0.4) is 0 Å². The maximum absolute atomic E-state index is 13.3. The van der Waals surface area contributed by atoms with Crippen LogP contribution in [0.5, 0.6) is 5.75 Å². The number of rotatable bonds is 6. The van der Waals surface area contributed by atoms with E-state index in [1.54, 1.807) is 37.3 Å². The Bertz CT molecular complexity index is 1980. The topological polar surface area (TPSA) is 118 Å². The summed E-state index contributed by atoms with van der Waals surface area (Å²) in [6.07, 6.45) is -3.20. The molecule has 1 N–H and O–H groups in total. The van der Waals surface area contributed by atoms with Crippen LogP contribution in [0.4, 0.5) is 13.2 Å². The van der Waals surface area contributed by atoms with E-state index < -0.39 is 28.8 Å². The molecule has 0 spiro atoms. The van der Waals surface area contributed by atoms with Crippen molar-refractivity contribution in [2.45, 2.75) is 26.6 Å². The number of alkyl halides is 3. The fourth-order valence-electron chi connectivity index (χ4n) is 4.62. The first kappa shape index (κ1) is 28.1. The zero-order chi connectivity index (χ0) is 29.6. The van der Waals surface area contributed by atoms with Crippen molar-refractivity contribution in [1.29, 1.82) is 5.26 Å². The molecule has 0 aliphatic heterocycles. The van der Waals surface area contributed by atoms with Crippen LogP contribution in [-0.2, 0) is 12.7 Å². The van der Waals surface area contributed by atoms with Crippen molar-refractivity contribution in [2.24, 2.45) is 0 Å². The van der Waals surface area contributed by atoms with E-state index in [2.05, 4.69) is 9.97 Å². The second-order valence-electron chi connectivity index (χ2n) is 9.01. The Labute approximate surface area is 238 Å². The minimum absolute atomic E-state index is 0.0193. The van der Waals surface area contributed by atoms with Crippen LogP contribution in [0.25, 0.3) is 32.2 Å². The van der Waals surface area contributed by atoms with Gasteiger partial charge >= 0.3 is 12.1 Å². The van der Waals surface area contributed by atoms with Crippen molar-refractivity contribution >= 4 is 50.0 Å². The highest BCUT2D eigenvalue weighted by molar-refractivity contribution is 7.20. The predicted molar refractivity (Wildman–Crippen MR) is 148 cm³/mol. The van der Waals surface area contributed by atoms with Gasteiger partial charge in [-0.3, -0.25) is 14.3 Å². The van der Waals surface area contributed by atoms with Gasteiger partial charge in [-0.05, 0) is 50.2 Å². The molecule has 0 unspecified atom stereocenters. The van der Waals surface area contributed by atoms with E-state index in [-0.39, 0.29) is 35.4 Å². The molecule has 208 valence electrons. The molecule has 0 saturated carbocycles. The van der Waals surface area contributed by atoms with Gasteiger partial charge in [-0.1, -0.05) is 11.6 Å². The summed E-state index contributed by atoms with van der Waals surface area (Å²) in [5.74, 6) is -0.534. The first-order valence-corrected chi connectivity index (χ1v) is 13.2. The third kappa shape index (κ3) is 5.10. The van der Waals surface area contributed by atoms with Gasteiger partial charge in [0, 0.05) is 27.2 Å². The summed E-state index contributed by atoms with van der Waals surface area (Å²) in [6.45, 7) is 3.12. The van der Waals surface area contributed by atoms with Gasteiger partial charge in [0.1, 0.15) is 24.3 Å². The Morgan fingerprint density at radius 2 is 1.95 bits per heavy atom. The zero-order valence-electron chi connectivity index (χ0n) is 21.3. The van der Waals surface area contributed by atoms with Crippen LogP contribution in [0.2, 0.25) is 5.02 Å². The number of halogens is 4. The molecule has 3 aromatic heterocycles. The standard InChI is InChI=1S/C28H18ClF3N4O4S/c1-13-22(27(38)39)24-25(41-13)18(5-6-34-24)19-11-17(29)3-4-21(19)40-8-7-36-14(2)35-20-10-16(28(30,31)32)9-15(12-33)23(20)26(36)37/h3-6,9-11H,7-8H2,1-2H3,(H,38,39). The summed E-state index contributed by atoms with van der Waals surface area (Å²) in [5.41, 5.74) is -0.665. The highest BCUT2D eigenvalue weighted by Crippen LogP contribution is 2.41. The van der Waals surface area contributed by atoms with Crippen molar-refractivity contribution in [1.82, 2.24) is 14.5 Å². The fourth-order valence-corrected chi connectivity index (χ4v) is 5.93. The highest BCUT2D eigenvalue weighted by Gasteiger charge is 2.32. The number of ether oxygens (including phenoxy) is 1. The average molecular weight is 599 g/mol. The number of carbonyl (C=O) groups is 1. The van der Waals surface area contributed by atoms with Crippen molar-refractivity contribution in [3.63, 3.8) is 0 Å². The molecule has 0 fully saturated rings. The summed E-state index contributed by atoms with van der Waals surface area (Å²) < 4.78 is 47.8. The number of nitriles is 1. The Kier molecular flexibility index (Phi) is 7.19. The van der Waals surface area contributed by atoms with Crippen molar-refractivity contribution < 1.29 is 27.8 Å². The molecule has 0 radical (unpaired) electrons. The van der Waals surface area contributed by atoms with Crippen LogP contribution in [0.15, 0.2) is 47.4 Å². The Balaban J connectivity index is 1.50. The second-order valence-corrected chi connectivity index (χ2v) is 10.7. The van der Waals surface area contributed by atoms with E-state index in [0.717, 1.165) is 6.07 Å². The Hall–Kier alpha value is -4.47. The lowest BCUT2D eigenvalue weighted by Gasteiger charge is -2.16. The number of aromatic carboxylic acids is 1. The molecule has 0 bridgehead atoms. The smallest absolute Gasteiger partial charge is 0.416 e.